The number of benzene rings is 1. The van der Waals surface area contributed by atoms with E-state index in [0.29, 0.717) is 6.04 Å². The Labute approximate surface area is 169 Å². The maximum atomic E-state index is 12.0. The van der Waals surface area contributed by atoms with Gasteiger partial charge in [-0.05, 0) is 89.3 Å². The van der Waals surface area contributed by atoms with E-state index in [1.54, 1.807) is 6.92 Å². The molecule has 1 aliphatic rings. The molecule has 1 unspecified atom stereocenters. The summed E-state index contributed by atoms with van der Waals surface area (Å²) in [5.74, 6) is -0.635. The van der Waals surface area contributed by atoms with E-state index >= 15 is 0 Å². The highest BCUT2D eigenvalue weighted by atomic mass is 35.5. The first kappa shape index (κ1) is 23.6. The number of aliphatic carboxylic acids is 1. The lowest BCUT2D eigenvalue weighted by atomic mass is 9.91. The molecule has 5 nitrogen and oxygen atoms in total. The van der Waals surface area contributed by atoms with E-state index in [1.807, 2.05) is 18.9 Å². The highest BCUT2D eigenvalue weighted by Crippen LogP contribution is 2.25. The van der Waals surface area contributed by atoms with Gasteiger partial charge >= 0.3 is 5.97 Å². The van der Waals surface area contributed by atoms with Crippen molar-refractivity contribution in [3.05, 3.63) is 33.9 Å². The van der Waals surface area contributed by atoms with E-state index in [2.05, 4.69) is 24.8 Å². The van der Waals surface area contributed by atoms with Crippen molar-refractivity contribution < 1.29 is 14.7 Å². The fourth-order valence-corrected chi connectivity index (χ4v) is 4.31. The first-order valence-corrected chi connectivity index (χ1v) is 9.45. The van der Waals surface area contributed by atoms with Crippen molar-refractivity contribution in [3.8, 4) is 0 Å². The molecule has 0 amide bonds. The van der Waals surface area contributed by atoms with E-state index in [-0.39, 0.29) is 24.7 Å². The highest BCUT2D eigenvalue weighted by Gasteiger charge is 2.23. The fraction of sp³-hybridized carbons (Fsp3) is 0.619. The molecular weight excluding hydrogens is 364 g/mol. The van der Waals surface area contributed by atoms with Gasteiger partial charge in [-0.2, -0.15) is 0 Å². The molecule has 6 heteroatoms. The molecule has 27 heavy (non-hydrogen) atoms. The van der Waals surface area contributed by atoms with Crippen molar-refractivity contribution >= 4 is 24.2 Å². The Bertz CT molecular complexity index is 690. The number of hydrogen-bond donors (Lipinski definition) is 1. The Balaban J connectivity index is 0.00000364. The molecule has 0 aliphatic carbocycles. The molecule has 0 spiro atoms. The second-order valence-electron chi connectivity index (χ2n) is 7.71. The lowest BCUT2D eigenvalue weighted by Crippen LogP contribution is -2.36. The smallest absolute Gasteiger partial charge is 0.317 e. The van der Waals surface area contributed by atoms with Gasteiger partial charge in [-0.15, -0.1) is 12.4 Å². The van der Waals surface area contributed by atoms with Crippen LogP contribution in [0.4, 0.5) is 0 Å². The average molecular weight is 397 g/mol. The van der Waals surface area contributed by atoms with E-state index < -0.39 is 5.97 Å². The van der Waals surface area contributed by atoms with Crippen molar-refractivity contribution in [3.63, 3.8) is 0 Å². The fourth-order valence-electron chi connectivity index (χ4n) is 4.31. The number of nitrogens with zero attached hydrogens (tertiary/aromatic N) is 2. The van der Waals surface area contributed by atoms with Crippen LogP contribution >= 0.6 is 12.4 Å². The van der Waals surface area contributed by atoms with Gasteiger partial charge in [0.25, 0.3) is 0 Å². The first-order chi connectivity index (χ1) is 12.2. The van der Waals surface area contributed by atoms with Gasteiger partial charge in [0.15, 0.2) is 5.78 Å². The summed E-state index contributed by atoms with van der Waals surface area (Å²) in [7, 11) is 1.90. The zero-order valence-corrected chi connectivity index (χ0v) is 18.0. The van der Waals surface area contributed by atoms with Crippen LogP contribution in [0.5, 0.6) is 0 Å². The van der Waals surface area contributed by atoms with Gasteiger partial charge in [-0.1, -0.05) is 6.07 Å². The number of rotatable bonds is 6. The lowest BCUT2D eigenvalue weighted by molar-refractivity contribution is -0.138. The Kier molecular flexibility index (Phi) is 8.92. The number of halogens is 1. The minimum atomic E-state index is -0.767. The minimum Gasteiger partial charge on any atom is -0.480 e. The summed E-state index contributed by atoms with van der Waals surface area (Å²) in [5, 5.41) is 9.01. The Hall–Kier alpha value is -1.43. The van der Waals surface area contributed by atoms with Gasteiger partial charge < -0.3 is 5.11 Å². The van der Waals surface area contributed by atoms with Crippen LogP contribution in [0.15, 0.2) is 6.07 Å². The van der Waals surface area contributed by atoms with Gasteiger partial charge in [0.2, 0.25) is 0 Å². The normalized spacial score (nSPS) is 18.1. The van der Waals surface area contributed by atoms with Crippen molar-refractivity contribution in [2.24, 2.45) is 0 Å². The highest BCUT2D eigenvalue weighted by molar-refractivity contribution is 5.97. The molecule has 0 radical (unpaired) electrons. The van der Waals surface area contributed by atoms with Crippen molar-refractivity contribution in [2.75, 3.05) is 26.7 Å². The third-order valence-electron chi connectivity index (χ3n) is 5.66. The van der Waals surface area contributed by atoms with E-state index in [1.165, 1.54) is 11.1 Å². The molecule has 1 aliphatic heterocycles. The second-order valence-corrected chi connectivity index (χ2v) is 7.71. The topological polar surface area (TPSA) is 60.9 Å². The summed E-state index contributed by atoms with van der Waals surface area (Å²) in [6, 6.07) is 2.45. The maximum Gasteiger partial charge on any atom is 0.317 e. The molecule has 152 valence electrons. The van der Waals surface area contributed by atoms with Crippen LogP contribution in [0.1, 0.15) is 58.8 Å². The largest absolute Gasteiger partial charge is 0.480 e. The molecule has 1 heterocycles. The van der Waals surface area contributed by atoms with Crippen molar-refractivity contribution in [1.29, 1.82) is 0 Å². The predicted octanol–water partition coefficient (Wildman–Crippen LogP) is 3.61. The third kappa shape index (κ3) is 6.03. The first-order valence-electron chi connectivity index (χ1n) is 9.45. The van der Waals surface area contributed by atoms with E-state index in [4.69, 9.17) is 5.11 Å². The van der Waals surface area contributed by atoms with E-state index in [9.17, 15) is 9.59 Å². The molecule has 1 saturated heterocycles. The lowest BCUT2D eigenvalue weighted by Gasteiger charge is -2.26. The molecule has 1 atom stereocenters. The van der Waals surface area contributed by atoms with Crippen molar-refractivity contribution in [2.45, 2.75) is 59.5 Å². The molecule has 1 N–H and O–H groups in total. The van der Waals surface area contributed by atoms with Crippen LogP contribution in [-0.2, 0) is 11.3 Å². The summed E-state index contributed by atoms with van der Waals surface area (Å²) in [6.07, 6.45) is 3.08. The predicted molar refractivity (Wildman–Crippen MR) is 111 cm³/mol. The summed E-state index contributed by atoms with van der Waals surface area (Å²) in [4.78, 5) is 27.4. The zero-order chi connectivity index (χ0) is 19.4. The molecule has 2 rings (SSSR count). The summed E-state index contributed by atoms with van der Waals surface area (Å²) >= 11 is 0. The molecule has 1 fully saturated rings. The molecule has 1 aromatic carbocycles. The number of carboxylic acids is 1. The van der Waals surface area contributed by atoms with Crippen LogP contribution in [0.25, 0.3) is 0 Å². The monoisotopic (exact) mass is 396 g/mol. The van der Waals surface area contributed by atoms with Crippen LogP contribution in [0.2, 0.25) is 0 Å². The van der Waals surface area contributed by atoms with Crippen LogP contribution in [0, 0.1) is 20.8 Å². The number of likely N-dealkylation sites (tertiary alicyclic amines) is 1. The maximum absolute atomic E-state index is 12.0. The second kappa shape index (κ2) is 10.2. The quantitative estimate of drug-likeness (QED) is 0.744. The van der Waals surface area contributed by atoms with Gasteiger partial charge in [-0.3, -0.25) is 19.4 Å². The standard InChI is InChI=1S/C21H32N2O3.ClH/c1-14-11-15(2)21(17(4)24)16(3)19(14)12-23-9-6-7-18(8-10-23)22(5)13-20(25)26;/h11,18H,6-10,12-13H2,1-5H3,(H,25,26);1H. The zero-order valence-electron chi connectivity index (χ0n) is 17.2. The molecular formula is C21H33ClN2O3. The Morgan fingerprint density at radius 1 is 1.19 bits per heavy atom. The van der Waals surface area contributed by atoms with Crippen LogP contribution < -0.4 is 0 Å². The number of likely N-dealkylation sites (N-methyl/N-ethyl adjacent to an activating group) is 1. The summed E-state index contributed by atoms with van der Waals surface area (Å²) < 4.78 is 0. The Morgan fingerprint density at radius 2 is 1.85 bits per heavy atom. The van der Waals surface area contributed by atoms with E-state index in [0.717, 1.165) is 55.6 Å². The summed E-state index contributed by atoms with van der Waals surface area (Å²) in [5.41, 5.74) is 5.53. The SMILES string of the molecule is CC(=O)c1c(C)cc(C)c(CN2CCCC(N(C)CC(=O)O)CC2)c1C.Cl. The average Bonchev–Trinajstić information content (AvgIpc) is 2.75. The number of Topliss-reactive ketones (excluding diaryl/α,β-unsaturated/α-hetero) is 1. The third-order valence-corrected chi connectivity index (χ3v) is 5.66. The molecule has 0 saturated carbocycles. The van der Waals surface area contributed by atoms with Gasteiger partial charge in [0, 0.05) is 18.2 Å². The molecule has 0 aromatic heterocycles. The van der Waals surface area contributed by atoms with Gasteiger partial charge in [0.1, 0.15) is 0 Å². The summed E-state index contributed by atoms with van der Waals surface area (Å²) in [6.45, 7) is 10.8. The number of ketones is 1. The Morgan fingerprint density at radius 3 is 2.44 bits per heavy atom. The number of carboxylic acid groups (broad SMARTS) is 1. The van der Waals surface area contributed by atoms with Crippen molar-refractivity contribution in [1.82, 2.24) is 9.80 Å². The minimum absolute atomic E-state index is 0. The molecule has 0 bridgehead atoms. The van der Waals surface area contributed by atoms with Gasteiger partial charge in [-0.25, -0.2) is 0 Å². The van der Waals surface area contributed by atoms with Crippen LogP contribution in [0.3, 0.4) is 0 Å². The number of carbonyl (C=O) groups excluding carboxylic acids is 1. The number of carbonyl (C=O) groups is 2. The molecule has 1 aromatic rings. The van der Waals surface area contributed by atoms with Gasteiger partial charge in [0.05, 0.1) is 6.54 Å². The number of aryl methyl sites for hydroxylation is 2. The number of hydrogen-bond acceptors (Lipinski definition) is 4. The van der Waals surface area contributed by atoms with Crippen LogP contribution in [-0.4, -0.2) is 59.4 Å².